The van der Waals surface area contributed by atoms with Crippen LogP contribution in [-0.2, 0) is 12.6 Å². The molecule has 0 spiro atoms. The van der Waals surface area contributed by atoms with Crippen molar-refractivity contribution in [3.63, 3.8) is 0 Å². The van der Waals surface area contributed by atoms with Gasteiger partial charge in [0, 0.05) is 18.6 Å². The Bertz CT molecular complexity index is 772. The van der Waals surface area contributed by atoms with Gasteiger partial charge in [-0.2, -0.15) is 13.2 Å². The lowest BCUT2D eigenvalue weighted by molar-refractivity contribution is -0.138. The zero-order chi connectivity index (χ0) is 18.6. The van der Waals surface area contributed by atoms with Crippen LogP contribution in [0, 0.1) is 5.82 Å². The minimum absolute atomic E-state index is 0.0782. The summed E-state index contributed by atoms with van der Waals surface area (Å²) in [4.78, 5) is 5.45. The molecular formula is C18H17ClF4N2. The van der Waals surface area contributed by atoms with Crippen molar-refractivity contribution in [2.24, 2.45) is 4.99 Å². The highest BCUT2D eigenvalue weighted by molar-refractivity contribution is 6.30. The number of benzene rings is 2. The van der Waals surface area contributed by atoms with Gasteiger partial charge in [-0.3, -0.25) is 0 Å². The molecule has 0 aliphatic carbocycles. The molecule has 2 nitrogen and oxygen atoms in total. The van der Waals surface area contributed by atoms with Crippen molar-refractivity contribution in [3.05, 3.63) is 63.9 Å². The quantitative estimate of drug-likeness (QED) is 0.373. The maximum atomic E-state index is 14.2. The van der Waals surface area contributed by atoms with Gasteiger partial charge in [-0.05, 0) is 48.7 Å². The van der Waals surface area contributed by atoms with Crippen molar-refractivity contribution >= 4 is 23.6 Å². The first-order chi connectivity index (χ1) is 11.7. The summed E-state index contributed by atoms with van der Waals surface area (Å²) in [7, 11) is 1.69. The van der Waals surface area contributed by atoms with E-state index in [1.807, 2.05) is 6.92 Å². The van der Waals surface area contributed by atoms with E-state index >= 15 is 0 Å². The highest BCUT2D eigenvalue weighted by Gasteiger charge is 2.34. The van der Waals surface area contributed by atoms with Crippen LogP contribution < -0.4 is 0 Å². The van der Waals surface area contributed by atoms with Crippen LogP contribution in [0.1, 0.15) is 23.6 Å². The lowest BCUT2D eigenvalue weighted by Gasteiger charge is -2.15. The smallest absolute Gasteiger partial charge is 0.366 e. The monoisotopic (exact) mass is 372 g/mol. The maximum Gasteiger partial charge on any atom is 0.416 e. The Labute approximate surface area is 148 Å². The molecule has 0 atom stereocenters. The molecule has 134 valence electrons. The van der Waals surface area contributed by atoms with Gasteiger partial charge < -0.3 is 4.90 Å². The van der Waals surface area contributed by atoms with Crippen molar-refractivity contribution in [1.29, 1.82) is 0 Å². The first-order valence-corrected chi connectivity index (χ1v) is 7.97. The minimum atomic E-state index is -4.61. The fraction of sp³-hybridized carbons (Fsp3) is 0.278. The van der Waals surface area contributed by atoms with Crippen LogP contribution in [0.25, 0.3) is 0 Å². The van der Waals surface area contributed by atoms with E-state index in [4.69, 9.17) is 11.6 Å². The van der Waals surface area contributed by atoms with E-state index in [1.54, 1.807) is 36.2 Å². The lowest BCUT2D eigenvalue weighted by Crippen LogP contribution is -2.14. The fourth-order valence-corrected chi connectivity index (χ4v) is 2.43. The Kier molecular flexibility index (Phi) is 6.06. The molecule has 0 heterocycles. The molecule has 0 bridgehead atoms. The number of aliphatic imine (C=N–C) groups is 1. The normalized spacial score (nSPS) is 12.0. The summed E-state index contributed by atoms with van der Waals surface area (Å²) in [5.41, 5.74) is -0.836. The highest BCUT2D eigenvalue weighted by atomic mass is 35.5. The van der Waals surface area contributed by atoms with Crippen molar-refractivity contribution in [1.82, 2.24) is 4.90 Å². The molecule has 2 aromatic carbocycles. The number of hydrogen-bond acceptors (Lipinski definition) is 1. The summed E-state index contributed by atoms with van der Waals surface area (Å²) in [6.45, 7) is 2.45. The standard InChI is InChI=1S/C18H17ClF4N2/c1-3-25(2)11-24-17-10-15(18(21,22)23)13(9-16(17)20)7-12-5-4-6-14(19)8-12/h4-6,8-11H,3,7H2,1-2H3/b24-11-. The molecule has 0 amide bonds. The molecular weight excluding hydrogens is 356 g/mol. The predicted molar refractivity (Wildman–Crippen MR) is 92.1 cm³/mol. The fourth-order valence-electron chi connectivity index (χ4n) is 2.22. The van der Waals surface area contributed by atoms with E-state index in [-0.39, 0.29) is 17.7 Å². The number of hydrogen-bond donors (Lipinski definition) is 0. The molecule has 25 heavy (non-hydrogen) atoms. The molecule has 0 aliphatic rings. The first kappa shape index (κ1) is 19.2. The zero-order valence-electron chi connectivity index (χ0n) is 13.7. The van der Waals surface area contributed by atoms with Crippen LogP contribution >= 0.6 is 11.6 Å². The second kappa shape index (κ2) is 7.87. The largest absolute Gasteiger partial charge is 0.416 e. The molecule has 0 saturated heterocycles. The van der Waals surface area contributed by atoms with Gasteiger partial charge in [-0.25, -0.2) is 9.38 Å². The van der Waals surface area contributed by atoms with Crippen molar-refractivity contribution in [2.45, 2.75) is 19.5 Å². The van der Waals surface area contributed by atoms with Crippen LogP contribution in [0.4, 0.5) is 23.2 Å². The molecule has 0 fully saturated rings. The first-order valence-electron chi connectivity index (χ1n) is 7.59. The van der Waals surface area contributed by atoms with Gasteiger partial charge in [0.05, 0.1) is 11.9 Å². The van der Waals surface area contributed by atoms with Gasteiger partial charge >= 0.3 is 6.18 Å². The summed E-state index contributed by atoms with van der Waals surface area (Å²) >= 11 is 5.86. The third-order valence-electron chi connectivity index (χ3n) is 3.65. The van der Waals surface area contributed by atoms with Gasteiger partial charge in [0.25, 0.3) is 0 Å². The maximum absolute atomic E-state index is 14.2. The number of nitrogens with zero attached hydrogens (tertiary/aromatic N) is 2. The second-order valence-corrected chi connectivity index (χ2v) is 6.02. The van der Waals surface area contributed by atoms with Crippen LogP contribution in [0.15, 0.2) is 41.4 Å². The van der Waals surface area contributed by atoms with Crippen molar-refractivity contribution < 1.29 is 17.6 Å². The Morgan fingerprint density at radius 3 is 2.52 bits per heavy atom. The van der Waals surface area contributed by atoms with Gasteiger partial charge in [0.1, 0.15) is 11.5 Å². The SMILES string of the molecule is CCN(C)/C=N\c1cc(C(F)(F)F)c(Cc2cccc(Cl)c2)cc1F. The summed E-state index contributed by atoms with van der Waals surface area (Å²) in [6.07, 6.45) is -3.39. The highest BCUT2D eigenvalue weighted by Crippen LogP contribution is 2.37. The molecule has 2 rings (SSSR count). The molecule has 2 aromatic rings. The van der Waals surface area contributed by atoms with Crippen LogP contribution in [0.2, 0.25) is 5.02 Å². The third-order valence-corrected chi connectivity index (χ3v) is 3.89. The molecule has 0 saturated carbocycles. The van der Waals surface area contributed by atoms with E-state index in [1.165, 1.54) is 6.34 Å². The average Bonchev–Trinajstić information content (AvgIpc) is 2.52. The van der Waals surface area contributed by atoms with E-state index < -0.39 is 17.6 Å². The van der Waals surface area contributed by atoms with E-state index in [9.17, 15) is 17.6 Å². The number of rotatable bonds is 5. The summed E-state index contributed by atoms with van der Waals surface area (Å²) in [5, 5.41) is 0.412. The molecule has 0 radical (unpaired) electrons. The topological polar surface area (TPSA) is 15.6 Å². The Balaban J connectivity index is 2.45. The average molecular weight is 373 g/mol. The third kappa shape index (κ3) is 5.19. The predicted octanol–water partition coefficient (Wildman–Crippen LogP) is 5.70. The van der Waals surface area contributed by atoms with Crippen molar-refractivity contribution in [2.75, 3.05) is 13.6 Å². The Hall–Kier alpha value is -2.08. The van der Waals surface area contributed by atoms with Crippen LogP contribution in [0.5, 0.6) is 0 Å². The molecule has 0 aromatic heterocycles. The Morgan fingerprint density at radius 2 is 1.92 bits per heavy atom. The van der Waals surface area contributed by atoms with Gasteiger partial charge in [0.15, 0.2) is 0 Å². The van der Waals surface area contributed by atoms with Crippen LogP contribution in [-0.4, -0.2) is 24.8 Å². The Morgan fingerprint density at radius 1 is 1.20 bits per heavy atom. The summed E-state index contributed by atoms with van der Waals surface area (Å²) in [5.74, 6) is -0.800. The lowest BCUT2D eigenvalue weighted by atomic mass is 9.98. The van der Waals surface area contributed by atoms with E-state index in [2.05, 4.69) is 4.99 Å². The molecule has 0 N–H and O–H groups in total. The van der Waals surface area contributed by atoms with E-state index in [0.29, 0.717) is 17.1 Å². The van der Waals surface area contributed by atoms with Crippen LogP contribution in [0.3, 0.4) is 0 Å². The molecule has 7 heteroatoms. The van der Waals surface area contributed by atoms with Gasteiger partial charge in [-0.1, -0.05) is 23.7 Å². The number of halogens is 5. The van der Waals surface area contributed by atoms with Gasteiger partial charge in [-0.15, -0.1) is 0 Å². The number of alkyl halides is 3. The van der Waals surface area contributed by atoms with Crippen molar-refractivity contribution in [3.8, 4) is 0 Å². The zero-order valence-corrected chi connectivity index (χ0v) is 14.5. The summed E-state index contributed by atoms with van der Waals surface area (Å²) in [6, 6.07) is 8.10. The molecule has 0 aliphatic heterocycles. The van der Waals surface area contributed by atoms with Gasteiger partial charge in [0.2, 0.25) is 0 Å². The minimum Gasteiger partial charge on any atom is -0.366 e. The second-order valence-electron chi connectivity index (χ2n) is 5.58. The van der Waals surface area contributed by atoms with E-state index in [0.717, 1.165) is 12.1 Å². The molecule has 0 unspecified atom stereocenters. The summed E-state index contributed by atoms with van der Waals surface area (Å²) < 4.78 is 54.4.